The average molecular weight is 499 g/mol. The van der Waals surface area contributed by atoms with Gasteiger partial charge in [0, 0.05) is 54.9 Å². The Kier molecular flexibility index (Phi) is 5.98. The molecular weight excluding hydrogens is 472 g/mol. The van der Waals surface area contributed by atoms with Crippen LogP contribution in [-0.2, 0) is 17.8 Å². The van der Waals surface area contributed by atoms with Gasteiger partial charge >= 0.3 is 0 Å². The Hall–Kier alpha value is -3.98. The lowest BCUT2D eigenvalue weighted by Crippen LogP contribution is -2.24. The normalized spacial score (nSPS) is 17.1. The molecule has 2 N–H and O–H groups in total. The van der Waals surface area contributed by atoms with Crippen LogP contribution < -0.4 is 15.5 Å². The number of anilines is 3. The molecule has 0 saturated carbocycles. The minimum absolute atomic E-state index is 0.0796. The first-order chi connectivity index (χ1) is 17.6. The second-order valence-corrected chi connectivity index (χ2v) is 10.0. The zero-order valence-corrected chi connectivity index (χ0v) is 20.5. The highest BCUT2D eigenvalue weighted by Gasteiger charge is 2.29. The van der Waals surface area contributed by atoms with Crippen molar-refractivity contribution >= 4 is 39.7 Å². The summed E-state index contributed by atoms with van der Waals surface area (Å²) in [5.74, 6) is -0.0917. The summed E-state index contributed by atoms with van der Waals surface area (Å²) in [6.45, 7) is 1.56. The largest absolute Gasteiger partial charge is 0.363 e. The molecule has 2 aliphatic heterocycles. The number of thiazole rings is 1. The summed E-state index contributed by atoms with van der Waals surface area (Å²) < 4.78 is 1.93. The molecule has 0 bridgehead atoms. The standard InChI is InChI=1S/C27H26N6O2S/c34-25-8-5-19-15-20(6-7-21(19)29-25)33-14-2-3-23(33)22-17-36-27(30-22)31-26(35)24-4-1-13-32(24)16-18-9-11-28-12-10-18/h1,4,6-7,9-13,15,17,23H,2-3,5,8,14,16H2,(H,29,34)(H,30,31,35)/t23-/m1/s1. The van der Waals surface area contributed by atoms with E-state index in [2.05, 4.69) is 32.7 Å². The number of aromatic nitrogens is 3. The van der Waals surface area contributed by atoms with Crippen LogP contribution in [0.1, 0.15) is 52.6 Å². The fourth-order valence-corrected chi connectivity index (χ4v) is 5.78. The molecule has 1 saturated heterocycles. The van der Waals surface area contributed by atoms with Gasteiger partial charge in [-0.25, -0.2) is 4.98 Å². The van der Waals surface area contributed by atoms with Gasteiger partial charge in [-0.1, -0.05) is 0 Å². The van der Waals surface area contributed by atoms with Crippen LogP contribution in [0.15, 0.2) is 66.4 Å². The molecule has 4 aromatic rings. The molecular formula is C27H26N6O2S. The molecule has 0 aliphatic carbocycles. The number of nitrogens with one attached hydrogen (secondary N) is 2. The first-order valence-corrected chi connectivity index (χ1v) is 13.0. The molecule has 8 nitrogen and oxygen atoms in total. The Morgan fingerprint density at radius 3 is 2.94 bits per heavy atom. The Morgan fingerprint density at radius 2 is 2.06 bits per heavy atom. The van der Waals surface area contributed by atoms with Gasteiger partial charge < -0.3 is 14.8 Å². The smallest absolute Gasteiger partial charge is 0.274 e. The van der Waals surface area contributed by atoms with Crippen LogP contribution in [0.25, 0.3) is 0 Å². The van der Waals surface area contributed by atoms with Crippen molar-refractivity contribution in [3.05, 3.63) is 88.9 Å². The fourth-order valence-electron chi connectivity index (χ4n) is 5.03. The van der Waals surface area contributed by atoms with Gasteiger partial charge in [0.25, 0.3) is 5.91 Å². The molecule has 2 aliphatic rings. The van der Waals surface area contributed by atoms with Gasteiger partial charge in [0.2, 0.25) is 5.91 Å². The third-order valence-electron chi connectivity index (χ3n) is 6.82. The number of hydrogen-bond donors (Lipinski definition) is 2. The zero-order chi connectivity index (χ0) is 24.5. The van der Waals surface area contributed by atoms with E-state index in [-0.39, 0.29) is 17.9 Å². The van der Waals surface area contributed by atoms with Gasteiger partial charge in [0.15, 0.2) is 5.13 Å². The van der Waals surface area contributed by atoms with Crippen LogP contribution in [-0.4, -0.2) is 32.9 Å². The van der Waals surface area contributed by atoms with E-state index >= 15 is 0 Å². The minimum Gasteiger partial charge on any atom is -0.363 e. The van der Waals surface area contributed by atoms with Gasteiger partial charge in [-0.3, -0.25) is 19.9 Å². The number of carbonyl (C=O) groups is 2. The van der Waals surface area contributed by atoms with Crippen molar-refractivity contribution in [3.8, 4) is 0 Å². The van der Waals surface area contributed by atoms with E-state index < -0.39 is 0 Å². The summed E-state index contributed by atoms with van der Waals surface area (Å²) >= 11 is 1.46. The summed E-state index contributed by atoms with van der Waals surface area (Å²) in [5.41, 5.74) is 5.90. The van der Waals surface area contributed by atoms with Crippen LogP contribution in [0.3, 0.4) is 0 Å². The first kappa shape index (κ1) is 22.5. The minimum atomic E-state index is -0.171. The Balaban J connectivity index is 1.16. The molecule has 0 radical (unpaired) electrons. The maximum Gasteiger partial charge on any atom is 0.274 e. The summed E-state index contributed by atoms with van der Waals surface area (Å²) in [5, 5.41) is 8.60. The molecule has 2 amide bonds. The number of hydrogen-bond acceptors (Lipinski definition) is 6. The highest BCUT2D eigenvalue weighted by Crippen LogP contribution is 2.39. The molecule has 6 rings (SSSR count). The molecule has 1 fully saturated rings. The lowest BCUT2D eigenvalue weighted by molar-refractivity contribution is -0.116. The molecule has 1 atom stereocenters. The zero-order valence-electron chi connectivity index (χ0n) is 19.7. The molecule has 182 valence electrons. The molecule has 9 heteroatoms. The van der Waals surface area contributed by atoms with Crippen molar-refractivity contribution in [2.45, 2.75) is 38.3 Å². The quantitative estimate of drug-likeness (QED) is 0.396. The summed E-state index contributed by atoms with van der Waals surface area (Å²) in [7, 11) is 0. The van der Waals surface area contributed by atoms with Crippen molar-refractivity contribution in [1.29, 1.82) is 0 Å². The molecule has 5 heterocycles. The number of fused-ring (bicyclic) bond motifs is 1. The second kappa shape index (κ2) is 9.58. The van der Waals surface area contributed by atoms with E-state index in [4.69, 9.17) is 4.98 Å². The third kappa shape index (κ3) is 4.49. The van der Waals surface area contributed by atoms with Crippen LogP contribution in [0.5, 0.6) is 0 Å². The summed E-state index contributed by atoms with van der Waals surface area (Å²) in [6.07, 6.45) is 8.81. The number of nitrogens with zero attached hydrogens (tertiary/aromatic N) is 4. The van der Waals surface area contributed by atoms with Crippen molar-refractivity contribution in [3.63, 3.8) is 0 Å². The number of amides is 2. The molecule has 3 aromatic heterocycles. The number of aryl methyl sites for hydroxylation is 1. The Labute approximate surface area is 213 Å². The number of benzene rings is 1. The van der Waals surface area contributed by atoms with Crippen molar-refractivity contribution < 1.29 is 9.59 Å². The summed E-state index contributed by atoms with van der Waals surface area (Å²) in [4.78, 5) is 36.0. The number of pyridine rings is 1. The number of carbonyl (C=O) groups excluding carboxylic acids is 2. The van der Waals surface area contributed by atoms with E-state index in [1.165, 1.54) is 16.9 Å². The van der Waals surface area contributed by atoms with E-state index in [1.807, 2.05) is 46.5 Å². The highest BCUT2D eigenvalue weighted by atomic mass is 32.1. The topological polar surface area (TPSA) is 92.2 Å². The van der Waals surface area contributed by atoms with Gasteiger partial charge in [-0.05, 0) is 72.9 Å². The lowest BCUT2D eigenvalue weighted by Gasteiger charge is -2.27. The molecule has 0 unspecified atom stereocenters. The molecule has 36 heavy (non-hydrogen) atoms. The van der Waals surface area contributed by atoms with Crippen molar-refractivity contribution in [1.82, 2.24) is 14.5 Å². The average Bonchev–Trinajstić information content (AvgIpc) is 3.65. The number of rotatable bonds is 6. The van der Waals surface area contributed by atoms with Crippen LogP contribution in [0.4, 0.5) is 16.5 Å². The predicted octanol–water partition coefficient (Wildman–Crippen LogP) is 4.87. The molecule has 0 spiro atoms. The maximum absolute atomic E-state index is 13.0. The molecule has 1 aromatic carbocycles. The van der Waals surface area contributed by atoms with E-state index in [0.29, 0.717) is 23.8 Å². The van der Waals surface area contributed by atoms with Crippen LogP contribution in [0.2, 0.25) is 0 Å². The van der Waals surface area contributed by atoms with Crippen molar-refractivity contribution in [2.75, 3.05) is 22.1 Å². The van der Waals surface area contributed by atoms with Crippen LogP contribution >= 0.6 is 11.3 Å². The van der Waals surface area contributed by atoms with E-state index in [1.54, 1.807) is 12.4 Å². The maximum atomic E-state index is 13.0. The van der Waals surface area contributed by atoms with E-state index in [0.717, 1.165) is 48.4 Å². The fraction of sp³-hybridized carbons (Fsp3) is 0.259. The third-order valence-corrected chi connectivity index (χ3v) is 7.59. The predicted molar refractivity (Wildman–Crippen MR) is 141 cm³/mol. The first-order valence-electron chi connectivity index (χ1n) is 12.1. The SMILES string of the molecule is O=C1CCc2cc(N3CCC[C@@H]3c3csc(NC(=O)c4cccn4Cc4ccncc4)n3)ccc2N1. The van der Waals surface area contributed by atoms with Gasteiger partial charge in [-0.2, -0.15) is 0 Å². The monoisotopic (exact) mass is 498 g/mol. The van der Waals surface area contributed by atoms with Crippen molar-refractivity contribution in [2.24, 2.45) is 0 Å². The Bertz CT molecular complexity index is 1410. The lowest BCUT2D eigenvalue weighted by atomic mass is 10.0. The second-order valence-electron chi connectivity index (χ2n) is 9.15. The van der Waals surface area contributed by atoms with E-state index in [9.17, 15) is 9.59 Å². The van der Waals surface area contributed by atoms with Gasteiger partial charge in [-0.15, -0.1) is 11.3 Å². The van der Waals surface area contributed by atoms with Gasteiger partial charge in [0.05, 0.1) is 11.7 Å². The Morgan fingerprint density at radius 1 is 1.17 bits per heavy atom. The van der Waals surface area contributed by atoms with Crippen LogP contribution in [0, 0.1) is 0 Å². The van der Waals surface area contributed by atoms with Gasteiger partial charge in [0.1, 0.15) is 5.69 Å². The summed E-state index contributed by atoms with van der Waals surface area (Å²) in [6, 6.07) is 14.0. The highest BCUT2D eigenvalue weighted by molar-refractivity contribution is 7.14.